The van der Waals surface area contributed by atoms with Gasteiger partial charge in [-0.15, -0.1) is 0 Å². The molecule has 0 saturated heterocycles. The standard InChI is InChI=1S/C16H27N3O2/c1-11(2)14(20)16(4,5)10-18-15(21)17-9-13-8-6-7-12(3)19-13/h6-8,11,14,20H,9-10H2,1-5H3,(H2,17,18,21). The first-order chi connectivity index (χ1) is 9.72. The molecular weight excluding hydrogens is 266 g/mol. The van der Waals surface area contributed by atoms with Crippen LogP contribution >= 0.6 is 0 Å². The summed E-state index contributed by atoms with van der Waals surface area (Å²) >= 11 is 0. The molecule has 5 heteroatoms. The lowest BCUT2D eigenvalue weighted by Crippen LogP contribution is -2.46. The predicted octanol–water partition coefficient (Wildman–Crippen LogP) is 2.23. The van der Waals surface area contributed by atoms with Gasteiger partial charge in [-0.05, 0) is 25.0 Å². The van der Waals surface area contributed by atoms with Crippen LogP contribution < -0.4 is 10.6 Å². The number of rotatable bonds is 6. The lowest BCUT2D eigenvalue weighted by molar-refractivity contribution is 0.0151. The van der Waals surface area contributed by atoms with Gasteiger partial charge in [0.1, 0.15) is 0 Å². The topological polar surface area (TPSA) is 74.2 Å². The van der Waals surface area contributed by atoms with E-state index in [2.05, 4.69) is 15.6 Å². The summed E-state index contributed by atoms with van der Waals surface area (Å²) in [7, 11) is 0. The summed E-state index contributed by atoms with van der Waals surface area (Å²) in [6, 6.07) is 5.46. The Bertz CT molecular complexity index is 472. The van der Waals surface area contributed by atoms with Gasteiger partial charge in [-0.25, -0.2) is 4.79 Å². The predicted molar refractivity (Wildman–Crippen MR) is 83.8 cm³/mol. The Morgan fingerprint density at radius 3 is 2.57 bits per heavy atom. The molecule has 0 bridgehead atoms. The minimum atomic E-state index is -0.462. The number of hydrogen-bond donors (Lipinski definition) is 3. The first-order valence-corrected chi connectivity index (χ1v) is 7.34. The van der Waals surface area contributed by atoms with Crippen LogP contribution in [0.25, 0.3) is 0 Å². The summed E-state index contributed by atoms with van der Waals surface area (Å²) in [5.41, 5.74) is 1.38. The molecule has 0 aliphatic rings. The summed E-state index contributed by atoms with van der Waals surface area (Å²) in [6.45, 7) is 10.5. The van der Waals surface area contributed by atoms with E-state index in [1.54, 1.807) is 0 Å². The number of amides is 2. The molecule has 5 nitrogen and oxygen atoms in total. The number of carbonyl (C=O) groups is 1. The quantitative estimate of drug-likeness (QED) is 0.753. The normalized spacial score (nSPS) is 13.1. The van der Waals surface area contributed by atoms with Crippen molar-refractivity contribution in [2.45, 2.75) is 47.3 Å². The van der Waals surface area contributed by atoms with Crippen molar-refractivity contribution in [2.75, 3.05) is 6.54 Å². The highest BCUT2D eigenvalue weighted by atomic mass is 16.3. The van der Waals surface area contributed by atoms with Crippen LogP contribution in [0.2, 0.25) is 0 Å². The number of nitrogens with one attached hydrogen (secondary N) is 2. The van der Waals surface area contributed by atoms with Crippen LogP contribution in [0.15, 0.2) is 18.2 Å². The van der Waals surface area contributed by atoms with Crippen molar-refractivity contribution >= 4 is 6.03 Å². The molecular formula is C16H27N3O2. The fraction of sp³-hybridized carbons (Fsp3) is 0.625. The lowest BCUT2D eigenvalue weighted by Gasteiger charge is -2.33. The van der Waals surface area contributed by atoms with Gasteiger partial charge in [-0.1, -0.05) is 33.8 Å². The van der Waals surface area contributed by atoms with Gasteiger partial charge in [0, 0.05) is 17.7 Å². The molecule has 0 aliphatic heterocycles. The van der Waals surface area contributed by atoms with Crippen LogP contribution in [0.4, 0.5) is 4.79 Å². The number of hydrogen-bond acceptors (Lipinski definition) is 3. The maximum Gasteiger partial charge on any atom is 0.315 e. The Morgan fingerprint density at radius 2 is 2.00 bits per heavy atom. The Hall–Kier alpha value is -1.62. The number of aliphatic hydroxyl groups is 1. The summed E-state index contributed by atoms with van der Waals surface area (Å²) in [5.74, 6) is 0.154. The first kappa shape index (κ1) is 17.4. The van der Waals surface area contributed by atoms with Gasteiger partial charge in [0.15, 0.2) is 0 Å². The molecule has 3 N–H and O–H groups in total. The number of nitrogens with zero attached hydrogens (tertiary/aromatic N) is 1. The van der Waals surface area contributed by atoms with Gasteiger partial charge >= 0.3 is 6.03 Å². The van der Waals surface area contributed by atoms with Crippen LogP contribution in [0.5, 0.6) is 0 Å². The number of pyridine rings is 1. The number of aryl methyl sites for hydroxylation is 1. The van der Waals surface area contributed by atoms with E-state index < -0.39 is 6.10 Å². The maximum absolute atomic E-state index is 11.8. The average molecular weight is 293 g/mol. The second-order valence-corrected chi connectivity index (χ2v) is 6.48. The summed E-state index contributed by atoms with van der Waals surface area (Å²) in [6.07, 6.45) is -0.462. The molecule has 0 fully saturated rings. The third-order valence-electron chi connectivity index (χ3n) is 3.51. The molecule has 1 atom stereocenters. The monoisotopic (exact) mass is 293 g/mol. The third kappa shape index (κ3) is 5.71. The number of carbonyl (C=O) groups excluding carboxylic acids is 1. The van der Waals surface area contributed by atoms with Gasteiger partial charge in [0.05, 0.1) is 18.3 Å². The molecule has 0 spiro atoms. The van der Waals surface area contributed by atoms with Crippen LogP contribution in [-0.2, 0) is 6.54 Å². The molecule has 2 amide bonds. The van der Waals surface area contributed by atoms with Crippen LogP contribution in [-0.4, -0.2) is 28.8 Å². The van der Waals surface area contributed by atoms with E-state index in [1.165, 1.54) is 0 Å². The highest BCUT2D eigenvalue weighted by molar-refractivity contribution is 5.73. The van der Waals surface area contributed by atoms with E-state index in [1.807, 2.05) is 52.8 Å². The number of aliphatic hydroxyl groups excluding tert-OH is 1. The van der Waals surface area contributed by atoms with Gasteiger partial charge in [-0.2, -0.15) is 0 Å². The number of urea groups is 1. The van der Waals surface area contributed by atoms with Gasteiger partial charge in [-0.3, -0.25) is 4.98 Å². The SMILES string of the molecule is Cc1cccc(CNC(=O)NCC(C)(C)C(O)C(C)C)n1. The largest absolute Gasteiger partial charge is 0.392 e. The van der Waals surface area contributed by atoms with Crippen molar-refractivity contribution in [3.8, 4) is 0 Å². The van der Waals surface area contributed by atoms with Crippen LogP contribution in [0.1, 0.15) is 39.1 Å². The van der Waals surface area contributed by atoms with E-state index in [0.29, 0.717) is 13.1 Å². The first-order valence-electron chi connectivity index (χ1n) is 7.34. The average Bonchev–Trinajstić information content (AvgIpc) is 2.42. The molecule has 0 saturated carbocycles. The van der Waals surface area contributed by atoms with Gasteiger partial charge in [0.2, 0.25) is 0 Å². The van der Waals surface area contributed by atoms with Crippen LogP contribution in [0, 0.1) is 18.3 Å². The summed E-state index contributed by atoms with van der Waals surface area (Å²) < 4.78 is 0. The van der Waals surface area contributed by atoms with Crippen molar-refractivity contribution in [3.05, 3.63) is 29.6 Å². The highest BCUT2D eigenvalue weighted by Crippen LogP contribution is 2.24. The Labute approximate surface area is 127 Å². The molecule has 1 aromatic rings. The minimum Gasteiger partial charge on any atom is -0.392 e. The van der Waals surface area contributed by atoms with Gasteiger partial charge < -0.3 is 15.7 Å². The molecule has 1 rings (SSSR count). The molecule has 0 aromatic carbocycles. The second kappa shape index (κ2) is 7.41. The van der Waals surface area contributed by atoms with E-state index >= 15 is 0 Å². The smallest absolute Gasteiger partial charge is 0.315 e. The van der Waals surface area contributed by atoms with Crippen molar-refractivity contribution in [3.63, 3.8) is 0 Å². The van der Waals surface area contributed by atoms with Gasteiger partial charge in [0.25, 0.3) is 0 Å². The third-order valence-corrected chi connectivity index (χ3v) is 3.51. The number of aromatic nitrogens is 1. The zero-order chi connectivity index (χ0) is 16.0. The van der Waals surface area contributed by atoms with E-state index in [9.17, 15) is 9.90 Å². The maximum atomic E-state index is 11.8. The zero-order valence-corrected chi connectivity index (χ0v) is 13.6. The lowest BCUT2D eigenvalue weighted by atomic mass is 9.81. The second-order valence-electron chi connectivity index (χ2n) is 6.48. The zero-order valence-electron chi connectivity index (χ0n) is 13.6. The molecule has 1 aromatic heterocycles. The Balaban J connectivity index is 2.41. The molecule has 1 heterocycles. The fourth-order valence-electron chi connectivity index (χ4n) is 2.25. The molecule has 0 aliphatic carbocycles. The Morgan fingerprint density at radius 1 is 1.33 bits per heavy atom. The van der Waals surface area contributed by atoms with Crippen molar-refractivity contribution in [1.29, 1.82) is 0 Å². The van der Waals surface area contributed by atoms with Crippen LogP contribution in [0.3, 0.4) is 0 Å². The summed E-state index contributed by atoms with van der Waals surface area (Å²) in [5, 5.41) is 15.7. The highest BCUT2D eigenvalue weighted by Gasteiger charge is 2.30. The van der Waals surface area contributed by atoms with Crippen molar-refractivity contribution < 1.29 is 9.90 Å². The fourth-order valence-corrected chi connectivity index (χ4v) is 2.25. The van der Waals surface area contributed by atoms with Crippen molar-refractivity contribution in [1.82, 2.24) is 15.6 Å². The van der Waals surface area contributed by atoms with Crippen molar-refractivity contribution in [2.24, 2.45) is 11.3 Å². The molecule has 1 unspecified atom stereocenters. The van der Waals surface area contributed by atoms with E-state index in [4.69, 9.17) is 0 Å². The molecule has 0 radical (unpaired) electrons. The summed E-state index contributed by atoms with van der Waals surface area (Å²) in [4.78, 5) is 16.1. The van der Waals surface area contributed by atoms with E-state index in [-0.39, 0.29) is 17.4 Å². The minimum absolute atomic E-state index is 0.154. The van der Waals surface area contributed by atoms with E-state index in [0.717, 1.165) is 11.4 Å². The molecule has 118 valence electrons. The Kier molecular flexibility index (Phi) is 6.15. The molecule has 21 heavy (non-hydrogen) atoms.